The van der Waals surface area contributed by atoms with Gasteiger partial charge in [0.25, 0.3) is 0 Å². The topological polar surface area (TPSA) is 38.9 Å². The van der Waals surface area contributed by atoms with Crippen molar-refractivity contribution in [3.05, 3.63) is 35.9 Å². The van der Waals surface area contributed by atoms with Gasteiger partial charge >= 0.3 is 0 Å². The maximum atomic E-state index is 6.30. The van der Waals surface area contributed by atoms with Crippen LogP contribution in [-0.2, 0) is 12.8 Å². The van der Waals surface area contributed by atoms with Crippen molar-refractivity contribution in [1.82, 2.24) is 4.98 Å². The Hall–Kier alpha value is -0.230. The Morgan fingerprint density at radius 2 is 2.24 bits per heavy atom. The molecule has 0 saturated heterocycles. The van der Waals surface area contributed by atoms with Crippen molar-refractivity contribution in [1.29, 1.82) is 0 Å². The Bertz CT molecular complexity index is 518. The first-order valence-electron chi connectivity index (χ1n) is 5.65. The van der Waals surface area contributed by atoms with Gasteiger partial charge in [0, 0.05) is 19.1 Å². The SMILES string of the molecule is Cc1sc(C(N)c2nc3c(s2)CCC3)cc1Br. The molecule has 2 N–H and O–H groups in total. The van der Waals surface area contributed by atoms with Crippen molar-refractivity contribution in [3.63, 3.8) is 0 Å². The summed E-state index contributed by atoms with van der Waals surface area (Å²) in [6.45, 7) is 2.10. The van der Waals surface area contributed by atoms with Crippen LogP contribution in [0.15, 0.2) is 10.5 Å². The molecule has 0 aliphatic heterocycles. The van der Waals surface area contributed by atoms with Crippen LogP contribution in [-0.4, -0.2) is 4.98 Å². The van der Waals surface area contributed by atoms with Crippen LogP contribution >= 0.6 is 38.6 Å². The normalized spacial score (nSPS) is 16.2. The number of nitrogens with zero attached hydrogens (tertiary/aromatic N) is 1. The summed E-state index contributed by atoms with van der Waals surface area (Å²) in [6, 6.07) is 2.07. The molecule has 0 saturated carbocycles. The molecule has 1 atom stereocenters. The van der Waals surface area contributed by atoms with Gasteiger partial charge in [0.15, 0.2) is 0 Å². The van der Waals surface area contributed by atoms with E-state index in [1.165, 1.54) is 33.2 Å². The minimum absolute atomic E-state index is 0.0550. The first-order chi connectivity index (χ1) is 8.15. The number of fused-ring (bicyclic) bond motifs is 1. The molecule has 0 fully saturated rings. The van der Waals surface area contributed by atoms with E-state index < -0.39 is 0 Å². The largest absolute Gasteiger partial charge is 0.318 e. The minimum Gasteiger partial charge on any atom is -0.318 e. The van der Waals surface area contributed by atoms with E-state index in [2.05, 4.69) is 28.9 Å². The second-order valence-corrected chi connectivity index (χ2v) is 7.56. The molecule has 1 aliphatic carbocycles. The zero-order chi connectivity index (χ0) is 12.0. The number of rotatable bonds is 2. The first-order valence-corrected chi connectivity index (χ1v) is 8.07. The molecule has 0 amide bonds. The fourth-order valence-corrected chi connectivity index (χ4v) is 4.91. The zero-order valence-corrected chi connectivity index (χ0v) is 12.7. The van der Waals surface area contributed by atoms with Crippen LogP contribution in [0.1, 0.15) is 37.8 Å². The highest BCUT2D eigenvalue weighted by Crippen LogP contribution is 2.36. The predicted molar refractivity (Wildman–Crippen MR) is 76.9 cm³/mol. The first kappa shape index (κ1) is 11.8. The molecule has 5 heteroatoms. The van der Waals surface area contributed by atoms with Crippen molar-refractivity contribution in [2.45, 2.75) is 32.2 Å². The summed E-state index contributed by atoms with van der Waals surface area (Å²) >= 11 is 7.09. The van der Waals surface area contributed by atoms with Gasteiger partial charge in [0.1, 0.15) is 5.01 Å². The lowest BCUT2D eigenvalue weighted by Crippen LogP contribution is -2.09. The minimum atomic E-state index is -0.0550. The van der Waals surface area contributed by atoms with Gasteiger partial charge in [-0.1, -0.05) is 0 Å². The smallest absolute Gasteiger partial charge is 0.115 e. The lowest BCUT2D eigenvalue weighted by atomic mass is 10.2. The molecule has 90 valence electrons. The molecule has 3 rings (SSSR count). The third-order valence-electron chi connectivity index (χ3n) is 3.06. The number of aromatic nitrogens is 1. The summed E-state index contributed by atoms with van der Waals surface area (Å²) in [5, 5.41) is 1.07. The summed E-state index contributed by atoms with van der Waals surface area (Å²) in [5.41, 5.74) is 7.58. The second kappa shape index (κ2) is 4.46. The molecule has 2 nitrogen and oxygen atoms in total. The quantitative estimate of drug-likeness (QED) is 0.910. The summed E-state index contributed by atoms with van der Waals surface area (Å²) in [4.78, 5) is 8.61. The number of thiophene rings is 1. The van der Waals surface area contributed by atoms with Gasteiger partial charge < -0.3 is 5.73 Å². The Morgan fingerprint density at radius 3 is 2.88 bits per heavy atom. The number of halogens is 1. The van der Waals surface area contributed by atoms with Crippen LogP contribution in [0, 0.1) is 6.92 Å². The lowest BCUT2D eigenvalue weighted by Gasteiger charge is -2.05. The van der Waals surface area contributed by atoms with Crippen molar-refractivity contribution in [2.75, 3.05) is 0 Å². The second-order valence-electron chi connectivity index (χ2n) is 4.31. The third kappa shape index (κ3) is 2.10. The van der Waals surface area contributed by atoms with E-state index in [0.717, 1.165) is 15.9 Å². The van der Waals surface area contributed by atoms with Crippen LogP contribution in [0.4, 0.5) is 0 Å². The van der Waals surface area contributed by atoms with Crippen LogP contribution in [0.2, 0.25) is 0 Å². The van der Waals surface area contributed by atoms with Crippen molar-refractivity contribution in [2.24, 2.45) is 5.73 Å². The van der Waals surface area contributed by atoms with E-state index in [4.69, 9.17) is 10.7 Å². The maximum Gasteiger partial charge on any atom is 0.115 e. The van der Waals surface area contributed by atoms with Gasteiger partial charge in [-0.3, -0.25) is 0 Å². The molecule has 0 aromatic carbocycles. The average Bonchev–Trinajstić information content (AvgIpc) is 2.92. The Morgan fingerprint density at radius 1 is 1.41 bits per heavy atom. The van der Waals surface area contributed by atoms with Crippen molar-refractivity contribution in [3.8, 4) is 0 Å². The standard InChI is InChI=1S/C12H13BrN2S2/c1-6-7(13)5-10(16-6)11(14)12-15-8-3-2-4-9(8)17-12/h5,11H,2-4,14H2,1H3. The highest BCUT2D eigenvalue weighted by Gasteiger charge is 2.22. The van der Waals surface area contributed by atoms with Gasteiger partial charge in [0.2, 0.25) is 0 Å². The van der Waals surface area contributed by atoms with Crippen LogP contribution in [0.25, 0.3) is 0 Å². The number of hydrogen-bond donors (Lipinski definition) is 1. The van der Waals surface area contributed by atoms with Gasteiger partial charge in [-0.2, -0.15) is 0 Å². The summed E-state index contributed by atoms with van der Waals surface area (Å²) in [5.74, 6) is 0. The zero-order valence-electron chi connectivity index (χ0n) is 9.50. The summed E-state index contributed by atoms with van der Waals surface area (Å²) in [6.07, 6.45) is 3.58. The molecule has 1 aliphatic rings. The Kier molecular flexibility index (Phi) is 3.11. The number of nitrogens with two attached hydrogens (primary N) is 1. The van der Waals surface area contributed by atoms with E-state index in [1.807, 2.05) is 0 Å². The van der Waals surface area contributed by atoms with Crippen LogP contribution in [0.5, 0.6) is 0 Å². The summed E-state index contributed by atoms with van der Waals surface area (Å²) in [7, 11) is 0. The number of hydrogen-bond acceptors (Lipinski definition) is 4. The van der Waals surface area contributed by atoms with Gasteiger partial charge in [0.05, 0.1) is 11.7 Å². The number of thiazole rings is 1. The van der Waals surface area contributed by atoms with E-state index in [-0.39, 0.29) is 6.04 Å². The van der Waals surface area contributed by atoms with Crippen LogP contribution < -0.4 is 5.73 Å². The molecule has 0 spiro atoms. The highest BCUT2D eigenvalue weighted by molar-refractivity contribution is 9.10. The molecule has 2 aromatic rings. The fraction of sp³-hybridized carbons (Fsp3) is 0.417. The van der Waals surface area contributed by atoms with E-state index in [0.29, 0.717) is 0 Å². The van der Waals surface area contributed by atoms with Gasteiger partial charge in [-0.25, -0.2) is 4.98 Å². The van der Waals surface area contributed by atoms with E-state index in [1.54, 1.807) is 22.7 Å². The molecule has 2 aromatic heterocycles. The monoisotopic (exact) mass is 328 g/mol. The Balaban J connectivity index is 1.92. The average molecular weight is 329 g/mol. The molecule has 2 heterocycles. The molecule has 0 radical (unpaired) electrons. The molecule has 17 heavy (non-hydrogen) atoms. The van der Waals surface area contributed by atoms with Crippen LogP contribution in [0.3, 0.4) is 0 Å². The van der Waals surface area contributed by atoms with Crippen molar-refractivity contribution >= 4 is 38.6 Å². The van der Waals surface area contributed by atoms with E-state index >= 15 is 0 Å². The lowest BCUT2D eigenvalue weighted by molar-refractivity contribution is 0.846. The molecular weight excluding hydrogens is 316 g/mol. The van der Waals surface area contributed by atoms with Gasteiger partial charge in [-0.05, 0) is 48.2 Å². The Labute approximate surface area is 117 Å². The predicted octanol–water partition coefficient (Wildman–Crippen LogP) is 3.81. The number of aryl methyl sites for hydroxylation is 3. The maximum absolute atomic E-state index is 6.30. The third-order valence-corrected chi connectivity index (χ3v) is 6.52. The molecule has 0 bridgehead atoms. The molecular formula is C12H13BrN2S2. The summed E-state index contributed by atoms with van der Waals surface area (Å²) < 4.78 is 1.15. The van der Waals surface area contributed by atoms with Crippen molar-refractivity contribution < 1.29 is 0 Å². The fourth-order valence-electron chi connectivity index (χ4n) is 2.10. The van der Waals surface area contributed by atoms with E-state index in [9.17, 15) is 0 Å². The highest BCUT2D eigenvalue weighted by atomic mass is 79.9. The molecule has 1 unspecified atom stereocenters. The van der Waals surface area contributed by atoms with Gasteiger partial charge in [-0.15, -0.1) is 22.7 Å².